The first-order valence-electron chi connectivity index (χ1n) is 12.6. The molecule has 1 N–H and O–H groups in total. The highest BCUT2D eigenvalue weighted by Crippen LogP contribution is 2.22. The molecule has 0 atom stereocenters. The number of aliphatic carboxylic acids is 1. The van der Waals surface area contributed by atoms with Crippen molar-refractivity contribution < 1.29 is 19.4 Å². The smallest absolute Gasteiger partial charge is 0.311 e. The summed E-state index contributed by atoms with van der Waals surface area (Å²) in [5, 5.41) is 17.2. The molecule has 2 aromatic rings. The summed E-state index contributed by atoms with van der Waals surface area (Å²) in [7, 11) is 0. The van der Waals surface area contributed by atoms with Crippen LogP contribution >= 0.6 is 0 Å². The molecular weight excluding hydrogens is 428 g/mol. The van der Waals surface area contributed by atoms with Crippen molar-refractivity contribution in [3.05, 3.63) is 54.1 Å². The number of aryl methyl sites for hydroxylation is 1. The number of esters is 1. The van der Waals surface area contributed by atoms with Gasteiger partial charge in [0.1, 0.15) is 5.75 Å². The van der Waals surface area contributed by atoms with Crippen LogP contribution in [0, 0.1) is 0 Å². The zero-order valence-corrected chi connectivity index (χ0v) is 20.4. The van der Waals surface area contributed by atoms with Gasteiger partial charge in [0.2, 0.25) is 0 Å². The summed E-state index contributed by atoms with van der Waals surface area (Å²) in [5.41, 5.74) is 2.47. The Hall–Kier alpha value is -3.02. The van der Waals surface area contributed by atoms with Gasteiger partial charge in [-0.1, -0.05) is 70.4 Å². The highest BCUT2D eigenvalue weighted by Gasteiger charge is 2.05. The molecule has 0 spiro atoms. The van der Waals surface area contributed by atoms with Crippen molar-refractivity contribution >= 4 is 23.3 Å². The number of carboxylic acids is 1. The van der Waals surface area contributed by atoms with E-state index in [1.165, 1.54) is 44.9 Å². The zero-order chi connectivity index (χ0) is 24.4. The number of benzene rings is 2. The van der Waals surface area contributed by atoms with Crippen molar-refractivity contribution in [3.8, 4) is 5.75 Å². The Morgan fingerprint density at radius 3 is 1.79 bits per heavy atom. The van der Waals surface area contributed by atoms with Gasteiger partial charge in [-0.15, -0.1) is 0 Å². The van der Waals surface area contributed by atoms with Gasteiger partial charge in [0.15, 0.2) is 0 Å². The van der Waals surface area contributed by atoms with Gasteiger partial charge in [-0.05, 0) is 61.2 Å². The maximum Gasteiger partial charge on any atom is 0.311 e. The van der Waals surface area contributed by atoms with E-state index in [-0.39, 0.29) is 12.4 Å². The molecule has 184 valence electrons. The molecule has 0 saturated heterocycles. The highest BCUT2D eigenvalue weighted by molar-refractivity contribution is 5.72. The number of hydrogen-bond acceptors (Lipinski definition) is 5. The third kappa shape index (κ3) is 12.3. The molecule has 0 saturated carbocycles. The second-order valence-corrected chi connectivity index (χ2v) is 8.66. The minimum atomic E-state index is -0.773. The van der Waals surface area contributed by atoms with Crippen molar-refractivity contribution in [1.82, 2.24) is 0 Å². The second-order valence-electron chi connectivity index (χ2n) is 8.66. The van der Waals surface area contributed by atoms with Gasteiger partial charge in [0.25, 0.3) is 0 Å². The number of nitrogens with zero attached hydrogens (tertiary/aromatic N) is 2. The summed E-state index contributed by atoms with van der Waals surface area (Å²) >= 11 is 0. The van der Waals surface area contributed by atoms with Crippen LogP contribution in [-0.2, 0) is 16.0 Å². The fourth-order valence-electron chi connectivity index (χ4n) is 3.63. The van der Waals surface area contributed by atoms with Crippen LogP contribution in [0.15, 0.2) is 58.8 Å². The lowest BCUT2D eigenvalue weighted by molar-refractivity contribution is -0.137. The van der Waals surface area contributed by atoms with Crippen LogP contribution in [0.5, 0.6) is 5.75 Å². The number of carbonyl (C=O) groups is 2. The number of rotatable bonds is 17. The number of carbonyl (C=O) groups excluding carboxylic acids is 1. The van der Waals surface area contributed by atoms with Crippen molar-refractivity contribution in [2.24, 2.45) is 10.2 Å². The van der Waals surface area contributed by atoms with Crippen LogP contribution in [-0.4, -0.2) is 17.0 Å². The topological polar surface area (TPSA) is 88.3 Å². The Kier molecular flexibility index (Phi) is 13.3. The van der Waals surface area contributed by atoms with Crippen molar-refractivity contribution in [2.45, 2.75) is 90.4 Å². The molecule has 0 aliphatic carbocycles. The normalized spacial score (nSPS) is 11.1. The molecule has 0 bridgehead atoms. The molecule has 0 aliphatic rings. The number of ether oxygens (including phenoxy) is 1. The van der Waals surface area contributed by atoms with Crippen molar-refractivity contribution in [3.63, 3.8) is 0 Å². The zero-order valence-electron chi connectivity index (χ0n) is 20.4. The summed E-state index contributed by atoms with van der Waals surface area (Å²) in [6.45, 7) is 2.23. The van der Waals surface area contributed by atoms with E-state index < -0.39 is 5.97 Å². The lowest BCUT2D eigenvalue weighted by Gasteiger charge is -2.05. The average Bonchev–Trinajstić information content (AvgIpc) is 2.83. The van der Waals surface area contributed by atoms with Crippen LogP contribution in [0.1, 0.15) is 89.5 Å². The van der Waals surface area contributed by atoms with Crippen LogP contribution in [0.25, 0.3) is 0 Å². The lowest BCUT2D eigenvalue weighted by atomic mass is 10.1. The third-order valence-electron chi connectivity index (χ3n) is 5.63. The first-order chi connectivity index (χ1) is 16.6. The minimum absolute atomic E-state index is 0.173. The van der Waals surface area contributed by atoms with E-state index in [0.717, 1.165) is 30.5 Å². The van der Waals surface area contributed by atoms with Gasteiger partial charge in [-0.25, -0.2) is 0 Å². The molecule has 0 aliphatic heterocycles. The van der Waals surface area contributed by atoms with Crippen LogP contribution in [0.3, 0.4) is 0 Å². The largest absolute Gasteiger partial charge is 0.481 e. The molecule has 0 radical (unpaired) electrons. The van der Waals surface area contributed by atoms with Gasteiger partial charge >= 0.3 is 11.9 Å². The summed E-state index contributed by atoms with van der Waals surface area (Å²) in [5.74, 6) is -0.448. The number of unbranched alkanes of at least 4 members (excludes halogenated alkanes) is 8. The van der Waals surface area contributed by atoms with Gasteiger partial charge < -0.3 is 9.84 Å². The average molecular weight is 467 g/mol. The molecule has 6 heteroatoms. The second kappa shape index (κ2) is 16.6. The standard InChI is InChI=1S/C28H38N2O4/c1-2-3-4-5-6-7-8-9-10-14-28(33)34-26-21-19-25(20-22-26)30-29-24-17-15-23(16-18-24)12-11-13-27(31)32/h15-22H,2-14H2,1H3,(H,31,32). The number of hydrogen-bond donors (Lipinski definition) is 1. The molecule has 0 unspecified atom stereocenters. The first-order valence-corrected chi connectivity index (χ1v) is 12.6. The van der Waals surface area contributed by atoms with Gasteiger partial charge in [-0.3, -0.25) is 9.59 Å². The van der Waals surface area contributed by atoms with Gasteiger partial charge in [0.05, 0.1) is 11.4 Å². The Bertz CT molecular complexity index is 876. The Morgan fingerprint density at radius 2 is 1.24 bits per heavy atom. The van der Waals surface area contributed by atoms with Crippen LogP contribution in [0.4, 0.5) is 11.4 Å². The molecule has 2 aromatic carbocycles. The molecule has 2 rings (SSSR count). The Morgan fingerprint density at radius 1 is 0.706 bits per heavy atom. The predicted molar refractivity (Wildman–Crippen MR) is 135 cm³/mol. The molecule has 6 nitrogen and oxygen atoms in total. The van der Waals surface area contributed by atoms with E-state index in [1.54, 1.807) is 24.3 Å². The maximum atomic E-state index is 12.0. The van der Waals surface area contributed by atoms with Gasteiger partial charge in [0, 0.05) is 12.8 Å². The van der Waals surface area contributed by atoms with E-state index >= 15 is 0 Å². The predicted octanol–water partition coefficient (Wildman–Crippen LogP) is 8.34. The third-order valence-corrected chi connectivity index (χ3v) is 5.63. The number of carboxylic acid groups (broad SMARTS) is 1. The van der Waals surface area contributed by atoms with E-state index in [9.17, 15) is 9.59 Å². The molecular formula is C28H38N2O4. The molecule has 0 aromatic heterocycles. The SMILES string of the molecule is CCCCCCCCCCCC(=O)Oc1ccc(N=Nc2ccc(CCCC(=O)O)cc2)cc1. The van der Waals surface area contributed by atoms with Crippen molar-refractivity contribution in [2.75, 3.05) is 0 Å². The van der Waals surface area contributed by atoms with E-state index in [2.05, 4.69) is 17.2 Å². The minimum Gasteiger partial charge on any atom is -0.481 e. The summed E-state index contributed by atoms with van der Waals surface area (Å²) in [6.07, 6.45) is 12.9. The summed E-state index contributed by atoms with van der Waals surface area (Å²) < 4.78 is 5.42. The lowest BCUT2D eigenvalue weighted by Crippen LogP contribution is -2.07. The monoisotopic (exact) mass is 466 g/mol. The molecule has 0 heterocycles. The van der Waals surface area contributed by atoms with Gasteiger partial charge in [-0.2, -0.15) is 10.2 Å². The van der Waals surface area contributed by atoms with E-state index in [1.807, 2.05) is 24.3 Å². The first kappa shape index (κ1) is 27.2. The highest BCUT2D eigenvalue weighted by atomic mass is 16.5. The quantitative estimate of drug-likeness (QED) is 0.110. The van der Waals surface area contributed by atoms with Crippen LogP contribution in [0.2, 0.25) is 0 Å². The number of azo groups is 1. The van der Waals surface area contributed by atoms with E-state index in [0.29, 0.717) is 24.3 Å². The molecule has 0 amide bonds. The van der Waals surface area contributed by atoms with Crippen LogP contribution < -0.4 is 4.74 Å². The van der Waals surface area contributed by atoms with Crippen molar-refractivity contribution in [1.29, 1.82) is 0 Å². The molecule has 34 heavy (non-hydrogen) atoms. The fraction of sp³-hybridized carbons (Fsp3) is 0.500. The molecule has 0 fully saturated rings. The Labute approximate surface area is 203 Å². The summed E-state index contributed by atoms with van der Waals surface area (Å²) in [6, 6.07) is 14.6. The van der Waals surface area contributed by atoms with E-state index in [4.69, 9.17) is 9.84 Å². The summed E-state index contributed by atoms with van der Waals surface area (Å²) in [4.78, 5) is 22.6. The maximum absolute atomic E-state index is 12.0. The fourth-order valence-corrected chi connectivity index (χ4v) is 3.63. The Balaban J connectivity index is 1.65.